The Morgan fingerprint density at radius 1 is 1.22 bits per heavy atom. The van der Waals surface area contributed by atoms with Gasteiger partial charge in [0, 0.05) is 5.92 Å². The zero-order valence-corrected chi connectivity index (χ0v) is 19.6. The van der Waals surface area contributed by atoms with E-state index in [4.69, 9.17) is 31.9 Å². The van der Waals surface area contributed by atoms with Gasteiger partial charge in [0.25, 0.3) is 0 Å². The number of nitrogens with two attached hydrogens (primary N) is 1. The molecule has 2 aromatic rings. The summed E-state index contributed by atoms with van der Waals surface area (Å²) >= 11 is 6.03. The summed E-state index contributed by atoms with van der Waals surface area (Å²) in [5.41, 5.74) is 6.27. The molecule has 1 aliphatic rings. The third-order valence-corrected chi connectivity index (χ3v) is 8.40. The van der Waals surface area contributed by atoms with Crippen LogP contribution in [0.5, 0.6) is 0 Å². The summed E-state index contributed by atoms with van der Waals surface area (Å²) in [6, 6.07) is 0. The first-order valence-electron chi connectivity index (χ1n) is 8.79. The van der Waals surface area contributed by atoms with Crippen molar-refractivity contribution in [1.82, 2.24) is 19.5 Å². The molecular weight excluding hydrogens is 519 g/mol. The number of halogens is 1. The van der Waals surface area contributed by atoms with Crippen LogP contribution < -0.4 is 5.73 Å². The molecule has 0 aliphatic carbocycles. The summed E-state index contributed by atoms with van der Waals surface area (Å²) in [6.07, 6.45) is 1.03. The molecule has 16 nitrogen and oxygen atoms in total. The molecule has 2 aromatic heterocycles. The lowest BCUT2D eigenvalue weighted by Gasteiger charge is -2.20. The first-order chi connectivity index (χ1) is 14.7. The lowest BCUT2D eigenvalue weighted by Crippen LogP contribution is -2.17. The van der Waals surface area contributed by atoms with Gasteiger partial charge in [-0.15, -0.1) is 0 Å². The maximum absolute atomic E-state index is 11.9. The van der Waals surface area contributed by atoms with Gasteiger partial charge >= 0.3 is 23.5 Å². The van der Waals surface area contributed by atoms with E-state index in [0.717, 1.165) is 0 Å². The number of phosphoric acid groups is 3. The van der Waals surface area contributed by atoms with E-state index in [9.17, 15) is 23.5 Å². The van der Waals surface area contributed by atoms with Crippen LogP contribution >= 0.6 is 35.1 Å². The normalized spacial score (nSPS) is 25.6. The van der Waals surface area contributed by atoms with Crippen molar-refractivity contribution in [3.63, 3.8) is 0 Å². The molecule has 1 aliphatic heterocycles. The zero-order valence-electron chi connectivity index (χ0n) is 16.2. The number of phosphoric ester groups is 1. The number of anilines is 1. The largest absolute Gasteiger partial charge is 0.490 e. The average Bonchev–Trinajstić information content (AvgIpc) is 3.20. The summed E-state index contributed by atoms with van der Waals surface area (Å²) in [7, 11) is -16.3. The number of nitrogens with zero attached hydrogens (tertiary/aromatic N) is 4. The first kappa shape index (κ1) is 25.6. The summed E-state index contributed by atoms with van der Waals surface area (Å²) in [6.45, 7) is 1.34. The summed E-state index contributed by atoms with van der Waals surface area (Å²) in [5, 5.41) is 0.0569. The van der Waals surface area contributed by atoms with Crippen LogP contribution in [0, 0.1) is 5.92 Å². The Hall–Kier alpha value is -0.990. The Bertz CT molecular complexity index is 1140. The molecule has 3 heterocycles. The van der Waals surface area contributed by atoms with Crippen molar-refractivity contribution in [3.05, 3.63) is 11.5 Å². The molecule has 0 bridgehead atoms. The van der Waals surface area contributed by atoms with Gasteiger partial charge < -0.3 is 30.0 Å². The van der Waals surface area contributed by atoms with Crippen LogP contribution in [0.15, 0.2) is 6.33 Å². The van der Waals surface area contributed by atoms with Gasteiger partial charge in [0.05, 0.1) is 19.0 Å². The fourth-order valence-electron chi connectivity index (χ4n) is 3.15. The van der Waals surface area contributed by atoms with Crippen molar-refractivity contribution in [2.45, 2.75) is 32.1 Å². The molecule has 5 unspecified atom stereocenters. The van der Waals surface area contributed by atoms with E-state index >= 15 is 0 Å². The molecule has 5 atom stereocenters. The number of imidazole rings is 1. The van der Waals surface area contributed by atoms with E-state index in [1.54, 1.807) is 4.57 Å². The van der Waals surface area contributed by atoms with Crippen LogP contribution in [0.1, 0.15) is 26.0 Å². The van der Waals surface area contributed by atoms with Crippen LogP contribution in [0.25, 0.3) is 11.2 Å². The van der Waals surface area contributed by atoms with Crippen molar-refractivity contribution >= 4 is 52.2 Å². The number of ether oxygens (including phenoxy) is 1. The standard InChI is InChI=1S/C12H19ClN5O11P3/c1-2-6-3-7(4-26-31(22,23)29-32(24,25)28-30(19,20)21)27-11(6)18-5-15-8-9(13)16-12(14)17-10(8)18/h5-7,11H,2-4H2,1H3,(H,22,23)(H,24,25)(H2,14,16,17)(H2,19,20,21). The van der Waals surface area contributed by atoms with Gasteiger partial charge in [-0.05, 0) is 12.8 Å². The second-order valence-electron chi connectivity index (χ2n) is 6.64. The minimum Gasteiger partial charge on any atom is -0.368 e. The fourth-order valence-corrected chi connectivity index (χ4v) is 6.42. The van der Waals surface area contributed by atoms with Crippen molar-refractivity contribution in [2.24, 2.45) is 5.92 Å². The van der Waals surface area contributed by atoms with E-state index in [1.807, 2.05) is 6.92 Å². The average molecular weight is 538 g/mol. The van der Waals surface area contributed by atoms with Crippen LogP contribution in [-0.2, 0) is 31.6 Å². The minimum absolute atomic E-state index is 0.0569. The van der Waals surface area contributed by atoms with E-state index < -0.39 is 42.4 Å². The number of hydrogen-bond donors (Lipinski definition) is 5. The molecule has 3 rings (SSSR count). The molecule has 180 valence electrons. The Morgan fingerprint density at radius 3 is 2.53 bits per heavy atom. The molecule has 1 saturated heterocycles. The van der Waals surface area contributed by atoms with Gasteiger partial charge in [-0.2, -0.15) is 18.6 Å². The zero-order chi connectivity index (χ0) is 23.9. The number of nitrogen functional groups attached to an aromatic ring is 1. The number of fused-ring (bicyclic) bond motifs is 1. The highest BCUT2D eigenvalue weighted by molar-refractivity contribution is 7.66. The number of hydrogen-bond acceptors (Lipinski definition) is 11. The van der Waals surface area contributed by atoms with Gasteiger partial charge in [-0.1, -0.05) is 18.5 Å². The minimum atomic E-state index is -5.60. The summed E-state index contributed by atoms with van der Waals surface area (Å²) < 4.78 is 53.5. The van der Waals surface area contributed by atoms with Crippen LogP contribution in [0.2, 0.25) is 5.15 Å². The molecular formula is C12H19ClN5O11P3. The first-order valence-corrected chi connectivity index (χ1v) is 13.7. The van der Waals surface area contributed by atoms with Gasteiger partial charge in [0.15, 0.2) is 10.8 Å². The molecule has 0 spiro atoms. The summed E-state index contributed by atoms with van der Waals surface area (Å²) in [5.74, 6) is -0.184. The predicted octanol–water partition coefficient (Wildman–Crippen LogP) is 1.72. The smallest absolute Gasteiger partial charge is 0.368 e. The number of aromatic nitrogens is 4. The van der Waals surface area contributed by atoms with Gasteiger partial charge in [0.2, 0.25) is 5.95 Å². The summed E-state index contributed by atoms with van der Waals surface area (Å²) in [4.78, 5) is 48.0. The molecule has 0 aromatic carbocycles. The Morgan fingerprint density at radius 2 is 1.91 bits per heavy atom. The monoisotopic (exact) mass is 537 g/mol. The lowest BCUT2D eigenvalue weighted by atomic mass is 10.0. The van der Waals surface area contributed by atoms with E-state index in [0.29, 0.717) is 24.0 Å². The molecule has 0 radical (unpaired) electrons. The van der Waals surface area contributed by atoms with E-state index in [2.05, 4.69) is 28.1 Å². The molecule has 20 heteroatoms. The second-order valence-corrected chi connectivity index (χ2v) is 11.4. The van der Waals surface area contributed by atoms with E-state index in [-0.39, 0.29) is 17.0 Å². The Kier molecular flexibility index (Phi) is 7.48. The Labute approximate surface area is 185 Å². The van der Waals surface area contributed by atoms with Crippen LogP contribution in [-0.4, -0.2) is 51.8 Å². The third kappa shape index (κ3) is 6.32. The van der Waals surface area contributed by atoms with Crippen molar-refractivity contribution < 1.29 is 51.2 Å². The SMILES string of the molecule is CCC1CC(COP(=O)(O)OP(=O)(O)OP(=O)(O)O)OC1n1cnc2c(Cl)nc(N)nc21. The van der Waals surface area contributed by atoms with Crippen molar-refractivity contribution in [2.75, 3.05) is 12.3 Å². The van der Waals surface area contributed by atoms with Gasteiger partial charge in [-0.25, -0.2) is 18.7 Å². The highest BCUT2D eigenvalue weighted by Crippen LogP contribution is 2.66. The van der Waals surface area contributed by atoms with Crippen LogP contribution in [0.3, 0.4) is 0 Å². The topological polar surface area (TPSA) is 239 Å². The maximum Gasteiger partial charge on any atom is 0.490 e. The maximum atomic E-state index is 11.9. The Balaban J connectivity index is 1.70. The van der Waals surface area contributed by atoms with Crippen molar-refractivity contribution in [3.8, 4) is 0 Å². The second kappa shape index (κ2) is 9.34. The molecule has 1 fully saturated rings. The van der Waals surface area contributed by atoms with Gasteiger partial charge in [0.1, 0.15) is 11.7 Å². The molecule has 6 N–H and O–H groups in total. The highest BCUT2D eigenvalue weighted by Gasteiger charge is 2.42. The predicted molar refractivity (Wildman–Crippen MR) is 107 cm³/mol. The van der Waals surface area contributed by atoms with Crippen molar-refractivity contribution in [1.29, 1.82) is 0 Å². The highest BCUT2D eigenvalue weighted by atomic mass is 35.5. The molecule has 0 amide bonds. The third-order valence-electron chi connectivity index (χ3n) is 4.33. The van der Waals surface area contributed by atoms with Gasteiger partial charge in [-0.3, -0.25) is 9.09 Å². The molecule has 32 heavy (non-hydrogen) atoms. The molecule has 0 saturated carbocycles. The quantitative estimate of drug-likeness (QED) is 0.226. The fraction of sp³-hybridized carbons (Fsp3) is 0.583. The number of rotatable bonds is 9. The van der Waals surface area contributed by atoms with E-state index in [1.165, 1.54) is 6.33 Å². The van der Waals surface area contributed by atoms with Crippen LogP contribution in [0.4, 0.5) is 5.95 Å². The lowest BCUT2D eigenvalue weighted by molar-refractivity contribution is -0.0310.